The molecule has 0 heterocycles. The summed E-state index contributed by atoms with van der Waals surface area (Å²) < 4.78 is 150. The zero-order valence-electron chi connectivity index (χ0n) is 28.5. The Hall–Kier alpha value is -3.72. The van der Waals surface area contributed by atoms with Gasteiger partial charge >= 0.3 is 41.6 Å². The van der Waals surface area contributed by atoms with Gasteiger partial charge in [-0.05, 0) is 6.42 Å². The summed E-state index contributed by atoms with van der Waals surface area (Å²) in [4.78, 5) is 44.9. The molecule has 20 heteroatoms. The Morgan fingerprint density at radius 1 is 0.615 bits per heavy atom. The van der Waals surface area contributed by atoms with Gasteiger partial charge in [-0.25, -0.2) is 14.4 Å². The highest BCUT2D eigenvalue weighted by Gasteiger charge is 2.81. The molecule has 0 N–H and O–H groups in total. The van der Waals surface area contributed by atoms with Crippen molar-refractivity contribution in [3.8, 4) is 0 Å². The first-order chi connectivity index (χ1) is 24.3. The number of rotatable bonds is 30. The molecule has 0 aromatic rings. The minimum absolute atomic E-state index is 0.0669. The van der Waals surface area contributed by atoms with Gasteiger partial charge in [0.1, 0.15) is 12.9 Å². The van der Waals surface area contributed by atoms with E-state index >= 15 is 0 Å². The Balaban J connectivity index is 4.88. The van der Waals surface area contributed by atoms with E-state index in [1.807, 2.05) is 6.92 Å². The highest BCUT2D eigenvalue weighted by molar-refractivity contribution is 5.84. The first-order valence-corrected chi connectivity index (χ1v) is 15.2. The van der Waals surface area contributed by atoms with Crippen LogP contribution in [0.2, 0.25) is 0 Å². The van der Waals surface area contributed by atoms with Gasteiger partial charge in [0, 0.05) is 36.3 Å². The number of methoxy groups -OCH3 is 1. The van der Waals surface area contributed by atoms with Crippen molar-refractivity contribution in [3.63, 3.8) is 0 Å². The van der Waals surface area contributed by atoms with E-state index in [2.05, 4.69) is 22.6 Å². The van der Waals surface area contributed by atoms with Crippen molar-refractivity contribution in [2.24, 2.45) is 5.41 Å². The molecule has 1 unspecified atom stereocenters. The van der Waals surface area contributed by atoms with Crippen LogP contribution in [-0.4, -0.2) is 134 Å². The van der Waals surface area contributed by atoms with Crippen LogP contribution in [-0.2, 0) is 57.1 Å². The molecule has 0 saturated heterocycles. The lowest BCUT2D eigenvalue weighted by Crippen LogP contribution is -2.64. The summed E-state index contributed by atoms with van der Waals surface area (Å²) in [5.74, 6) is -30.0. The summed E-state index contributed by atoms with van der Waals surface area (Å²) in [5, 5.41) is 0. The smallest absolute Gasteiger partial charge is 0.381 e. The van der Waals surface area contributed by atoms with Gasteiger partial charge in [0.25, 0.3) is 0 Å². The van der Waals surface area contributed by atoms with Crippen LogP contribution >= 0.6 is 0 Å². The average molecular weight is 771 g/mol. The quantitative estimate of drug-likeness (QED) is 0.0195. The Kier molecular flexibility index (Phi) is 22.1. The van der Waals surface area contributed by atoms with Crippen LogP contribution in [0.25, 0.3) is 0 Å². The van der Waals surface area contributed by atoms with Crippen LogP contribution in [0.15, 0.2) is 49.1 Å². The van der Waals surface area contributed by atoms with Crippen molar-refractivity contribution in [2.45, 2.75) is 37.0 Å². The number of allylic oxidation sites excluding steroid dienone is 2. The largest absolute Gasteiger partial charge is 0.460 e. The third-order valence-electron chi connectivity index (χ3n) is 6.55. The fraction of sp³-hybridized carbons (Fsp3) is 0.625. The topological polar surface area (TPSA) is 142 Å². The van der Waals surface area contributed by atoms with Gasteiger partial charge < -0.3 is 37.9 Å². The number of carbonyl (C=O) groups excluding carboxylic acids is 4. The lowest BCUT2D eigenvalue weighted by molar-refractivity contribution is -0.374. The molecule has 0 saturated carbocycles. The molecule has 0 aliphatic rings. The Morgan fingerprint density at radius 2 is 1.04 bits per heavy atom. The monoisotopic (exact) mass is 770 g/mol. The molecular weight excluding hydrogens is 728 g/mol. The molecular formula is C32H42F8O12. The third-order valence-corrected chi connectivity index (χ3v) is 6.55. The van der Waals surface area contributed by atoms with Crippen LogP contribution < -0.4 is 0 Å². The number of hydrogen-bond acceptors (Lipinski definition) is 12. The molecule has 0 aliphatic carbocycles. The van der Waals surface area contributed by atoms with Crippen LogP contribution in [0.3, 0.4) is 0 Å². The second kappa shape index (κ2) is 23.8. The minimum atomic E-state index is -6.78. The zero-order valence-corrected chi connectivity index (χ0v) is 28.5. The molecule has 0 bridgehead atoms. The molecule has 0 radical (unpaired) electrons. The molecule has 0 aliphatic heterocycles. The van der Waals surface area contributed by atoms with Crippen molar-refractivity contribution in [2.75, 3.05) is 86.4 Å². The molecule has 12 nitrogen and oxygen atoms in total. The van der Waals surface area contributed by atoms with Gasteiger partial charge in [-0.3, -0.25) is 4.79 Å². The second-order valence-corrected chi connectivity index (χ2v) is 10.7. The fourth-order valence-corrected chi connectivity index (χ4v) is 3.38. The van der Waals surface area contributed by atoms with E-state index in [1.54, 1.807) is 0 Å². The Morgan fingerprint density at radius 3 is 1.48 bits per heavy atom. The van der Waals surface area contributed by atoms with Gasteiger partial charge in [-0.2, -0.15) is 35.1 Å². The normalized spacial score (nSPS) is 13.9. The van der Waals surface area contributed by atoms with Crippen LogP contribution in [0.4, 0.5) is 35.1 Å². The number of carbonyl (C=O) groups is 4. The average Bonchev–Trinajstić information content (AvgIpc) is 3.10. The third kappa shape index (κ3) is 16.7. The van der Waals surface area contributed by atoms with E-state index in [-0.39, 0.29) is 64.5 Å². The molecule has 298 valence electrons. The maximum atomic E-state index is 13.9. The van der Waals surface area contributed by atoms with Crippen molar-refractivity contribution in [1.29, 1.82) is 0 Å². The molecule has 52 heavy (non-hydrogen) atoms. The van der Waals surface area contributed by atoms with Gasteiger partial charge in [-0.15, -0.1) is 0 Å². The lowest BCUT2D eigenvalue weighted by atomic mass is 9.88. The van der Waals surface area contributed by atoms with Gasteiger partial charge in [0.2, 0.25) is 0 Å². The summed E-state index contributed by atoms with van der Waals surface area (Å²) in [5.41, 5.74) is -0.319. The number of aldehydes is 1. The fourth-order valence-electron chi connectivity index (χ4n) is 3.38. The van der Waals surface area contributed by atoms with Gasteiger partial charge in [0.05, 0.1) is 59.5 Å². The van der Waals surface area contributed by atoms with E-state index < -0.39 is 60.2 Å². The minimum Gasteiger partial charge on any atom is -0.460 e. The number of ether oxygens (including phenoxy) is 8. The van der Waals surface area contributed by atoms with Crippen LogP contribution in [0.5, 0.6) is 0 Å². The molecule has 0 spiro atoms. The van der Waals surface area contributed by atoms with Crippen LogP contribution in [0, 0.1) is 5.41 Å². The first kappa shape index (κ1) is 48.3. The van der Waals surface area contributed by atoms with E-state index in [9.17, 15) is 54.3 Å². The number of hydrogen-bond donors (Lipinski definition) is 0. The predicted molar refractivity (Wildman–Crippen MR) is 164 cm³/mol. The molecule has 0 amide bonds. The van der Waals surface area contributed by atoms with Gasteiger partial charge in [0.15, 0.2) is 13.2 Å². The van der Waals surface area contributed by atoms with Crippen molar-refractivity contribution < 1.29 is 92.2 Å². The highest BCUT2D eigenvalue weighted by Crippen LogP contribution is 2.52. The van der Waals surface area contributed by atoms with E-state index in [0.717, 1.165) is 18.2 Å². The standard InChI is InChI=1S/C32H42F8O12/c1-5-25(42)51-22-29(33,34)31(37,38)32(39,40)30(35,36)23-52-27(44)10-8-7-9-26(43)50-16-15-49-21-28(6-2,19-47-12-11-45-4)20-48-14-13-46-18-24(3)17-41/h5,7-10,17H,1,3,6,11-16,18-23H2,2,4H3/b9-7+,10-8+. The van der Waals surface area contributed by atoms with Crippen molar-refractivity contribution in [1.82, 2.24) is 0 Å². The SMILES string of the molecule is C=CC(=O)OCC(F)(F)C(F)(F)C(F)(F)C(F)(F)COC(=O)/C=C/C=C/C(=O)OCCOCC(CC)(COCCOC)COCCOCC(=C)C=O. The van der Waals surface area contributed by atoms with E-state index in [4.69, 9.17) is 28.4 Å². The molecule has 0 rings (SSSR count). The summed E-state index contributed by atoms with van der Waals surface area (Å²) in [6.45, 7) is 4.16. The number of halogens is 8. The molecule has 0 aromatic heterocycles. The Bertz CT molecular complexity index is 1210. The summed E-state index contributed by atoms with van der Waals surface area (Å²) in [6, 6.07) is 0. The maximum Gasteiger partial charge on any atom is 0.381 e. The summed E-state index contributed by atoms with van der Waals surface area (Å²) in [6.07, 6.45) is 4.05. The maximum absolute atomic E-state index is 13.9. The van der Waals surface area contributed by atoms with E-state index in [1.165, 1.54) is 7.11 Å². The second-order valence-electron chi connectivity index (χ2n) is 10.7. The molecule has 0 aromatic carbocycles. The van der Waals surface area contributed by atoms with Gasteiger partial charge in [-0.1, -0.05) is 32.2 Å². The number of esters is 3. The predicted octanol–water partition coefficient (Wildman–Crippen LogP) is 4.32. The van der Waals surface area contributed by atoms with Crippen molar-refractivity contribution >= 4 is 24.2 Å². The zero-order chi connectivity index (χ0) is 39.9. The Labute approximate surface area is 294 Å². The summed E-state index contributed by atoms with van der Waals surface area (Å²) >= 11 is 0. The highest BCUT2D eigenvalue weighted by atomic mass is 19.4. The number of alkyl halides is 8. The molecule has 1 atom stereocenters. The van der Waals surface area contributed by atoms with Crippen LogP contribution in [0.1, 0.15) is 13.3 Å². The summed E-state index contributed by atoms with van der Waals surface area (Å²) in [7, 11) is 1.52. The van der Waals surface area contributed by atoms with E-state index in [0.29, 0.717) is 32.0 Å². The lowest BCUT2D eigenvalue weighted by Gasteiger charge is -2.36. The molecule has 0 fully saturated rings. The first-order valence-electron chi connectivity index (χ1n) is 15.2. The van der Waals surface area contributed by atoms with Crippen molar-refractivity contribution in [3.05, 3.63) is 49.1 Å².